The summed E-state index contributed by atoms with van der Waals surface area (Å²) in [6.45, 7) is -1.07. The van der Waals surface area contributed by atoms with Crippen molar-refractivity contribution in [2.75, 3.05) is 12.8 Å². The zero-order valence-corrected chi connectivity index (χ0v) is 19.7. The number of ether oxygens (including phenoxy) is 1. The first kappa shape index (κ1) is 27.7. The highest BCUT2D eigenvalue weighted by atomic mass is 31.3. The van der Waals surface area contributed by atoms with Crippen molar-refractivity contribution in [2.24, 2.45) is 0 Å². The molecule has 15 nitrogen and oxygen atoms in total. The number of phosphoric ester groups is 1. The maximum absolute atomic E-state index is 12.3. The summed E-state index contributed by atoms with van der Waals surface area (Å²) in [4.78, 5) is 60.1. The van der Waals surface area contributed by atoms with Crippen molar-refractivity contribution in [2.45, 2.75) is 24.5 Å². The number of aliphatic hydroxyl groups excluding tert-OH is 2. The molecule has 1 fully saturated rings. The molecule has 0 aliphatic carbocycles. The minimum atomic E-state index is -5.62. The number of H-pyrrole nitrogens is 1. The topological polar surface area (TPSA) is 241 Å². The number of carboxylic acids is 1. The van der Waals surface area contributed by atoms with E-state index in [0.29, 0.717) is 5.56 Å². The second-order valence-electron chi connectivity index (χ2n) is 7.36. The number of carbonyl (C=O) groups is 1. The molecule has 0 saturated carbocycles. The standard InChI is InChI=1S/C19H20N2O13P2/c22-14(23)10-35(28,29)34-36(30,31)32-9-13-15(24)16(25)18(33-13)21-8-12(17(26)20-19(21)27)7-6-11-4-2-1-3-5-11/h1-5,8,13,15-16,18,24-25H,9-10H2,(H,22,23)(H,28,29)(H,30,31)(H,20,26,27)/p-2/t13-,15+,16?,18-/m1/s1. The van der Waals surface area contributed by atoms with E-state index in [0.717, 1.165) is 10.8 Å². The molecule has 3 rings (SSSR count). The quantitative estimate of drug-likeness (QED) is 0.202. The number of rotatable bonds is 8. The van der Waals surface area contributed by atoms with Crippen LogP contribution in [0, 0.1) is 11.8 Å². The van der Waals surface area contributed by atoms with Crippen LogP contribution in [-0.2, 0) is 27.5 Å². The molecule has 194 valence electrons. The van der Waals surface area contributed by atoms with E-state index in [1.165, 1.54) is 0 Å². The van der Waals surface area contributed by atoms with Crippen LogP contribution in [0.5, 0.6) is 0 Å². The van der Waals surface area contributed by atoms with Crippen LogP contribution in [0.2, 0.25) is 0 Å². The van der Waals surface area contributed by atoms with E-state index < -0.39 is 69.9 Å². The summed E-state index contributed by atoms with van der Waals surface area (Å²) in [6, 6.07) is 8.54. The van der Waals surface area contributed by atoms with Gasteiger partial charge in [0.15, 0.2) is 13.8 Å². The fourth-order valence-electron chi connectivity index (χ4n) is 3.06. The molecule has 3 unspecified atom stereocenters. The Labute approximate surface area is 201 Å². The molecule has 2 aromatic rings. The van der Waals surface area contributed by atoms with E-state index in [1.807, 2.05) is 4.98 Å². The Kier molecular flexibility index (Phi) is 8.48. The van der Waals surface area contributed by atoms with Gasteiger partial charge in [0.05, 0.1) is 6.61 Å². The largest absolute Gasteiger partial charge is 0.778 e. The van der Waals surface area contributed by atoms with E-state index in [-0.39, 0.29) is 5.56 Å². The highest BCUT2D eigenvalue weighted by Crippen LogP contribution is 2.55. The fourth-order valence-corrected chi connectivity index (χ4v) is 5.36. The van der Waals surface area contributed by atoms with E-state index in [9.17, 15) is 43.5 Å². The van der Waals surface area contributed by atoms with Gasteiger partial charge in [-0.25, -0.2) is 4.79 Å². The second-order valence-corrected chi connectivity index (χ2v) is 10.7. The Morgan fingerprint density at radius 2 is 1.81 bits per heavy atom. The van der Waals surface area contributed by atoms with Gasteiger partial charge in [0.25, 0.3) is 13.4 Å². The molecule has 1 aromatic carbocycles. The number of aliphatic hydroxyl groups is 2. The average molecular weight is 544 g/mol. The minimum Gasteiger partial charge on any atom is -0.778 e. The molecule has 1 aliphatic rings. The van der Waals surface area contributed by atoms with E-state index in [4.69, 9.17) is 9.84 Å². The van der Waals surface area contributed by atoms with E-state index in [1.54, 1.807) is 30.3 Å². The number of nitrogens with one attached hydrogen (secondary N) is 1. The Bertz CT molecular complexity index is 1390. The summed E-state index contributed by atoms with van der Waals surface area (Å²) in [5, 5.41) is 29.0. The Hall–Kier alpha value is -2.89. The number of aromatic amines is 1. The number of carboxylic acid groups (broad SMARTS) is 1. The van der Waals surface area contributed by atoms with Crippen molar-refractivity contribution in [3.05, 3.63) is 68.5 Å². The molecule has 17 heteroatoms. The van der Waals surface area contributed by atoms with Crippen molar-refractivity contribution < 1.29 is 52.6 Å². The van der Waals surface area contributed by atoms with Gasteiger partial charge in [0.2, 0.25) is 0 Å². The summed E-state index contributed by atoms with van der Waals surface area (Å²) < 4.78 is 37.3. The summed E-state index contributed by atoms with van der Waals surface area (Å²) in [7, 11) is -11.0. The maximum atomic E-state index is 12.3. The molecule has 0 spiro atoms. The van der Waals surface area contributed by atoms with Crippen LogP contribution < -0.4 is 21.0 Å². The molecule has 6 atom stereocenters. The highest BCUT2D eigenvalue weighted by molar-refractivity contribution is 7.63. The number of aromatic nitrogens is 2. The van der Waals surface area contributed by atoms with Crippen LogP contribution in [-0.4, -0.2) is 61.9 Å². The summed E-state index contributed by atoms with van der Waals surface area (Å²) in [5.41, 5.74) is -1.50. The normalized spacial score (nSPS) is 24.8. The van der Waals surface area contributed by atoms with Gasteiger partial charge in [-0.05, 0) is 12.1 Å². The predicted octanol–water partition coefficient (Wildman–Crippen LogP) is -2.30. The lowest BCUT2D eigenvalue weighted by Gasteiger charge is -2.31. The van der Waals surface area contributed by atoms with Crippen molar-refractivity contribution in [1.82, 2.24) is 9.55 Å². The van der Waals surface area contributed by atoms with Gasteiger partial charge in [-0.15, -0.1) is 0 Å². The third-order valence-electron chi connectivity index (χ3n) is 4.64. The summed E-state index contributed by atoms with van der Waals surface area (Å²) in [5.74, 6) is 3.41. The first-order valence-electron chi connectivity index (χ1n) is 9.91. The van der Waals surface area contributed by atoms with Crippen molar-refractivity contribution >= 4 is 21.4 Å². The number of benzene rings is 1. The van der Waals surface area contributed by atoms with Crippen LogP contribution >= 0.6 is 15.4 Å². The van der Waals surface area contributed by atoms with Gasteiger partial charge in [-0.2, -0.15) is 0 Å². The highest BCUT2D eigenvalue weighted by Gasteiger charge is 2.45. The van der Waals surface area contributed by atoms with E-state index in [2.05, 4.69) is 20.7 Å². The van der Waals surface area contributed by atoms with Crippen LogP contribution in [0.3, 0.4) is 0 Å². The molecule has 0 radical (unpaired) electrons. The lowest BCUT2D eigenvalue weighted by Crippen LogP contribution is -2.38. The number of phosphoric acid groups is 1. The zero-order chi connectivity index (χ0) is 26.7. The molecule has 0 bridgehead atoms. The lowest BCUT2D eigenvalue weighted by atomic mass is 10.1. The Morgan fingerprint density at radius 1 is 1.14 bits per heavy atom. The molecule has 1 aromatic heterocycles. The summed E-state index contributed by atoms with van der Waals surface area (Å²) >= 11 is 0. The van der Waals surface area contributed by atoms with Gasteiger partial charge < -0.3 is 38.9 Å². The molecule has 2 heterocycles. The van der Waals surface area contributed by atoms with Gasteiger partial charge in [0, 0.05) is 11.8 Å². The Morgan fingerprint density at radius 3 is 2.44 bits per heavy atom. The monoisotopic (exact) mass is 544 g/mol. The average Bonchev–Trinajstić information content (AvgIpc) is 3.05. The molecular weight excluding hydrogens is 526 g/mol. The van der Waals surface area contributed by atoms with Crippen LogP contribution in [0.25, 0.3) is 0 Å². The van der Waals surface area contributed by atoms with Crippen molar-refractivity contribution in [3.8, 4) is 11.8 Å². The molecule has 1 aliphatic heterocycles. The maximum Gasteiger partial charge on any atom is 0.330 e. The first-order chi connectivity index (χ1) is 16.8. The minimum absolute atomic E-state index is 0.189. The number of hydrogen-bond acceptors (Lipinski definition) is 12. The number of aliphatic carboxylic acids is 1. The third kappa shape index (κ3) is 7.08. The van der Waals surface area contributed by atoms with Crippen LogP contribution in [0.1, 0.15) is 17.4 Å². The number of nitrogens with zero attached hydrogens (tertiary/aromatic N) is 1. The SMILES string of the molecule is O=C(O)CP(=O)([O-])OP(=O)([O-])OC[C@H]1O[C@@H](n2cc(C#Cc3ccccc3)c(=O)[nH]c2=O)C(O)[C@H]1O. The van der Waals surface area contributed by atoms with Crippen molar-refractivity contribution in [3.63, 3.8) is 0 Å². The third-order valence-corrected chi connectivity index (χ3v) is 7.56. The molecule has 36 heavy (non-hydrogen) atoms. The second kappa shape index (κ2) is 11.0. The molecule has 0 amide bonds. The predicted molar refractivity (Wildman–Crippen MR) is 114 cm³/mol. The molecule has 4 N–H and O–H groups in total. The smallest absolute Gasteiger partial charge is 0.330 e. The number of hydrogen-bond donors (Lipinski definition) is 4. The molecular formula is C19H18N2O13P2-2. The molecule has 1 saturated heterocycles. The van der Waals surface area contributed by atoms with Gasteiger partial charge in [0.1, 0.15) is 30.0 Å². The lowest BCUT2D eigenvalue weighted by molar-refractivity contribution is -0.233. The van der Waals surface area contributed by atoms with Gasteiger partial charge in [-0.3, -0.25) is 28.0 Å². The van der Waals surface area contributed by atoms with Gasteiger partial charge >= 0.3 is 11.7 Å². The van der Waals surface area contributed by atoms with Gasteiger partial charge in [-0.1, -0.05) is 30.0 Å². The van der Waals surface area contributed by atoms with E-state index >= 15 is 0 Å². The van der Waals surface area contributed by atoms with Crippen molar-refractivity contribution in [1.29, 1.82) is 0 Å². The van der Waals surface area contributed by atoms with Crippen LogP contribution in [0.15, 0.2) is 46.1 Å². The first-order valence-corrected chi connectivity index (χ1v) is 13.1. The zero-order valence-electron chi connectivity index (χ0n) is 18.0. The summed E-state index contributed by atoms with van der Waals surface area (Å²) in [6.07, 6.45) is -7.54. The Balaban J connectivity index is 1.76. The van der Waals surface area contributed by atoms with Crippen LogP contribution in [0.4, 0.5) is 0 Å². The fraction of sp³-hybridized carbons (Fsp3) is 0.316.